The molecule has 140 valence electrons. The number of alkyl halides is 3. The zero-order valence-electron chi connectivity index (χ0n) is 14.1. The lowest BCUT2D eigenvalue weighted by atomic mass is 9.89. The molecule has 1 aromatic carbocycles. The first-order valence-corrected chi connectivity index (χ1v) is 8.47. The number of carbonyl (C=O) groups excluding carboxylic acids is 1. The van der Waals surface area contributed by atoms with Gasteiger partial charge in [-0.3, -0.25) is 4.79 Å². The third kappa shape index (κ3) is 3.60. The first kappa shape index (κ1) is 17.4. The van der Waals surface area contributed by atoms with E-state index in [4.69, 9.17) is 4.74 Å². The van der Waals surface area contributed by atoms with Crippen LogP contribution in [0.2, 0.25) is 0 Å². The molecule has 1 saturated carbocycles. The lowest BCUT2D eigenvalue weighted by Gasteiger charge is -2.35. The van der Waals surface area contributed by atoms with Gasteiger partial charge in [-0.1, -0.05) is 6.07 Å². The maximum absolute atomic E-state index is 12.6. The van der Waals surface area contributed by atoms with Gasteiger partial charge in [0.25, 0.3) is 5.91 Å². The van der Waals surface area contributed by atoms with Gasteiger partial charge in [-0.15, -0.1) is 0 Å². The molecule has 1 fully saturated rings. The topological polar surface area (TPSA) is 55.6 Å². The van der Waals surface area contributed by atoms with Crippen LogP contribution in [-0.4, -0.2) is 27.7 Å². The Morgan fingerprint density at radius 3 is 2.59 bits per heavy atom. The number of fused-ring (bicyclic) bond motifs is 1. The van der Waals surface area contributed by atoms with E-state index in [0.29, 0.717) is 24.2 Å². The van der Waals surface area contributed by atoms with Gasteiger partial charge in [0.05, 0.1) is 22.8 Å². The van der Waals surface area contributed by atoms with Crippen LogP contribution in [0.5, 0.6) is 5.75 Å². The third-order valence-corrected chi connectivity index (χ3v) is 4.59. The maximum Gasteiger partial charge on any atom is 0.416 e. The molecular weight excluding hydrogens is 359 g/mol. The highest BCUT2D eigenvalue weighted by Gasteiger charge is 2.33. The van der Waals surface area contributed by atoms with Gasteiger partial charge in [-0.05, 0) is 36.4 Å². The van der Waals surface area contributed by atoms with Gasteiger partial charge in [-0.25, -0.2) is 4.52 Å². The Labute approximate surface area is 152 Å². The molecular formula is C19H16F3N3O2. The summed E-state index contributed by atoms with van der Waals surface area (Å²) in [6, 6.07) is 10.1. The maximum atomic E-state index is 12.6. The Morgan fingerprint density at radius 2 is 1.89 bits per heavy atom. The van der Waals surface area contributed by atoms with E-state index in [1.807, 2.05) is 18.2 Å². The molecule has 2 heterocycles. The highest BCUT2D eigenvalue weighted by Crippen LogP contribution is 2.32. The lowest BCUT2D eigenvalue weighted by molar-refractivity contribution is -0.137. The second-order valence-corrected chi connectivity index (χ2v) is 6.49. The lowest BCUT2D eigenvalue weighted by Crippen LogP contribution is -2.48. The number of pyridine rings is 1. The zero-order valence-corrected chi connectivity index (χ0v) is 14.1. The number of halogens is 3. The molecule has 0 aliphatic heterocycles. The van der Waals surface area contributed by atoms with E-state index < -0.39 is 11.7 Å². The Bertz CT molecular complexity index is 960. The minimum atomic E-state index is -4.36. The number of rotatable bonds is 4. The highest BCUT2D eigenvalue weighted by molar-refractivity contribution is 6.00. The minimum absolute atomic E-state index is 0.0318. The molecule has 1 amide bonds. The van der Waals surface area contributed by atoms with Crippen molar-refractivity contribution < 1.29 is 22.7 Å². The summed E-state index contributed by atoms with van der Waals surface area (Å²) >= 11 is 0. The molecule has 0 unspecified atom stereocenters. The predicted molar refractivity (Wildman–Crippen MR) is 91.5 cm³/mol. The van der Waals surface area contributed by atoms with E-state index in [0.717, 1.165) is 17.6 Å². The summed E-state index contributed by atoms with van der Waals surface area (Å²) in [6.45, 7) is 0. The van der Waals surface area contributed by atoms with E-state index in [2.05, 4.69) is 10.4 Å². The highest BCUT2D eigenvalue weighted by atomic mass is 19.4. The Kier molecular flexibility index (Phi) is 4.25. The molecule has 0 atom stereocenters. The average molecular weight is 375 g/mol. The first-order chi connectivity index (χ1) is 12.9. The monoisotopic (exact) mass is 375 g/mol. The van der Waals surface area contributed by atoms with Gasteiger partial charge in [0.15, 0.2) is 0 Å². The molecule has 1 aliphatic carbocycles. The average Bonchev–Trinajstić information content (AvgIpc) is 3.03. The van der Waals surface area contributed by atoms with Crippen molar-refractivity contribution >= 4 is 11.4 Å². The number of hydrogen-bond donors (Lipinski definition) is 1. The van der Waals surface area contributed by atoms with Crippen LogP contribution in [0.15, 0.2) is 54.9 Å². The van der Waals surface area contributed by atoms with Gasteiger partial charge in [0.2, 0.25) is 0 Å². The van der Waals surface area contributed by atoms with Gasteiger partial charge >= 0.3 is 6.18 Å². The predicted octanol–water partition coefficient (Wildman–Crippen LogP) is 3.69. The Hall–Kier alpha value is -3.03. The number of nitrogens with zero attached hydrogens (tertiary/aromatic N) is 2. The van der Waals surface area contributed by atoms with E-state index in [9.17, 15) is 18.0 Å². The largest absolute Gasteiger partial charge is 0.490 e. The van der Waals surface area contributed by atoms with Crippen molar-refractivity contribution in [3.63, 3.8) is 0 Å². The van der Waals surface area contributed by atoms with Crippen molar-refractivity contribution in [3.05, 3.63) is 66.0 Å². The van der Waals surface area contributed by atoms with Crippen molar-refractivity contribution in [2.45, 2.75) is 31.2 Å². The second-order valence-electron chi connectivity index (χ2n) is 6.49. The summed E-state index contributed by atoms with van der Waals surface area (Å²) in [5, 5.41) is 7.07. The molecule has 4 rings (SSSR count). The summed E-state index contributed by atoms with van der Waals surface area (Å²) in [4.78, 5) is 12.4. The number of amides is 1. The van der Waals surface area contributed by atoms with Crippen LogP contribution in [0.3, 0.4) is 0 Å². The molecule has 2 aromatic heterocycles. The third-order valence-electron chi connectivity index (χ3n) is 4.59. The van der Waals surface area contributed by atoms with Crippen molar-refractivity contribution in [3.8, 4) is 5.75 Å². The van der Waals surface area contributed by atoms with Crippen LogP contribution in [0.1, 0.15) is 28.8 Å². The number of hydrogen-bond acceptors (Lipinski definition) is 3. The molecule has 3 aromatic rings. The van der Waals surface area contributed by atoms with Crippen molar-refractivity contribution in [2.75, 3.05) is 0 Å². The van der Waals surface area contributed by atoms with Crippen molar-refractivity contribution in [1.82, 2.24) is 14.9 Å². The van der Waals surface area contributed by atoms with E-state index in [1.165, 1.54) is 18.3 Å². The molecule has 0 saturated heterocycles. The van der Waals surface area contributed by atoms with Crippen LogP contribution >= 0.6 is 0 Å². The van der Waals surface area contributed by atoms with Crippen LogP contribution in [0.4, 0.5) is 13.2 Å². The molecule has 8 heteroatoms. The zero-order chi connectivity index (χ0) is 19.0. The fourth-order valence-electron chi connectivity index (χ4n) is 3.07. The molecule has 5 nitrogen and oxygen atoms in total. The number of ether oxygens (including phenoxy) is 1. The van der Waals surface area contributed by atoms with Gasteiger partial charge in [0, 0.05) is 25.1 Å². The normalized spacial score (nSPS) is 19.5. The molecule has 1 aliphatic rings. The van der Waals surface area contributed by atoms with Gasteiger partial charge in [-0.2, -0.15) is 18.3 Å². The molecule has 0 bridgehead atoms. The van der Waals surface area contributed by atoms with E-state index >= 15 is 0 Å². The SMILES string of the molecule is O=C(N[C@H]1C[C@@H](Oc2ccc(C(F)(F)F)cc2)C1)c1cnn2ccccc12. The smallest absolute Gasteiger partial charge is 0.416 e. The second kappa shape index (κ2) is 6.61. The van der Waals surface area contributed by atoms with E-state index in [-0.39, 0.29) is 18.1 Å². The number of nitrogens with one attached hydrogen (secondary N) is 1. The van der Waals surface area contributed by atoms with Crippen molar-refractivity contribution in [1.29, 1.82) is 0 Å². The van der Waals surface area contributed by atoms with Crippen LogP contribution in [0, 0.1) is 0 Å². The minimum Gasteiger partial charge on any atom is -0.490 e. The molecule has 27 heavy (non-hydrogen) atoms. The van der Waals surface area contributed by atoms with Crippen LogP contribution < -0.4 is 10.1 Å². The standard InChI is InChI=1S/C19H16F3N3O2/c20-19(21,22)12-4-6-14(7-5-12)27-15-9-13(10-15)24-18(26)16-11-23-25-8-2-1-3-17(16)25/h1-8,11,13,15H,9-10H2,(H,24,26)/t13-,15+. The summed E-state index contributed by atoms with van der Waals surface area (Å²) in [6.07, 6.45) is 0.0135. The summed E-state index contributed by atoms with van der Waals surface area (Å²) in [5.74, 6) is 0.189. The number of carbonyl (C=O) groups is 1. The van der Waals surface area contributed by atoms with Crippen LogP contribution in [0.25, 0.3) is 5.52 Å². The number of aromatic nitrogens is 2. The van der Waals surface area contributed by atoms with Gasteiger partial charge < -0.3 is 10.1 Å². The Morgan fingerprint density at radius 1 is 1.15 bits per heavy atom. The quantitative estimate of drug-likeness (QED) is 0.757. The molecule has 0 spiro atoms. The summed E-state index contributed by atoms with van der Waals surface area (Å²) in [7, 11) is 0. The fraction of sp³-hybridized carbons (Fsp3) is 0.263. The summed E-state index contributed by atoms with van der Waals surface area (Å²) in [5.41, 5.74) is 0.525. The van der Waals surface area contributed by atoms with Crippen molar-refractivity contribution in [2.24, 2.45) is 0 Å². The molecule has 0 radical (unpaired) electrons. The van der Waals surface area contributed by atoms with E-state index in [1.54, 1.807) is 10.7 Å². The van der Waals surface area contributed by atoms with Gasteiger partial charge in [0.1, 0.15) is 11.9 Å². The first-order valence-electron chi connectivity index (χ1n) is 8.47. The van der Waals surface area contributed by atoms with Crippen LogP contribution in [-0.2, 0) is 6.18 Å². The summed E-state index contributed by atoms with van der Waals surface area (Å²) < 4.78 is 45.0. The Balaban J connectivity index is 1.30. The molecule has 1 N–H and O–H groups in total. The fourth-order valence-corrected chi connectivity index (χ4v) is 3.07. The number of benzene rings is 1.